The van der Waals surface area contributed by atoms with Crippen molar-refractivity contribution < 1.29 is 45.7 Å². The average molecular weight is 613 g/mol. The molecule has 2 N–H and O–H groups in total. The van der Waals surface area contributed by atoms with Crippen LogP contribution in [-0.4, -0.2) is 34.1 Å². The van der Waals surface area contributed by atoms with E-state index < -0.39 is 54.4 Å². The Hall–Kier alpha value is -3.14. The molecule has 0 heterocycles. The van der Waals surface area contributed by atoms with Gasteiger partial charge in [0.15, 0.2) is 0 Å². The molecule has 0 amide bonds. The summed E-state index contributed by atoms with van der Waals surface area (Å²) in [6.07, 6.45) is -7.88. The molecule has 2 unspecified atom stereocenters. The molecule has 2 aliphatic carbocycles. The molecule has 0 aromatic heterocycles. The number of hydrogen-bond donors (Lipinski definition) is 2. The number of carbonyl (C=O) groups is 1. The van der Waals surface area contributed by atoms with Gasteiger partial charge in [0.1, 0.15) is 5.82 Å². The van der Waals surface area contributed by atoms with E-state index in [0.717, 1.165) is 28.7 Å². The molecule has 2 aliphatic rings. The standard InChI is InChI=1S/C33H35F7O3/c1-5-29(6-2,23-9-7-21(19(3)13-23)11-12-31(43,32(35,36)37)33(38,39)40)25-14-20(4)30(18-26(30)16-25)24-10-8-22(15-28(41)42)27(34)17-24/h7-10,13-14,16-17,26,43H,5-6,11-12,15,18H2,1-4H3,(H,41,42). The first-order chi connectivity index (χ1) is 19.9. The molecule has 4 rings (SSSR count). The van der Waals surface area contributed by atoms with E-state index in [1.54, 1.807) is 31.2 Å². The van der Waals surface area contributed by atoms with Gasteiger partial charge in [0, 0.05) is 10.8 Å². The van der Waals surface area contributed by atoms with Gasteiger partial charge in [-0.25, -0.2) is 4.39 Å². The van der Waals surface area contributed by atoms with E-state index in [4.69, 9.17) is 5.11 Å². The predicted octanol–water partition coefficient (Wildman–Crippen LogP) is 8.45. The molecular formula is C33H35F7O3. The molecule has 0 aliphatic heterocycles. The first-order valence-electron chi connectivity index (χ1n) is 14.2. The van der Waals surface area contributed by atoms with Crippen molar-refractivity contribution in [2.24, 2.45) is 5.92 Å². The number of aliphatic hydroxyl groups is 1. The van der Waals surface area contributed by atoms with E-state index in [9.17, 15) is 40.6 Å². The molecule has 1 saturated carbocycles. The van der Waals surface area contributed by atoms with Crippen molar-refractivity contribution in [3.8, 4) is 0 Å². The molecule has 0 radical (unpaired) electrons. The van der Waals surface area contributed by atoms with Crippen LogP contribution < -0.4 is 0 Å². The Morgan fingerprint density at radius 3 is 2.05 bits per heavy atom. The zero-order valence-corrected chi connectivity index (χ0v) is 24.4. The van der Waals surface area contributed by atoms with Gasteiger partial charge < -0.3 is 10.2 Å². The Morgan fingerprint density at radius 1 is 0.953 bits per heavy atom. The lowest BCUT2D eigenvalue weighted by Crippen LogP contribution is -2.57. The summed E-state index contributed by atoms with van der Waals surface area (Å²) in [6.45, 7) is 7.67. The minimum atomic E-state index is -5.86. The summed E-state index contributed by atoms with van der Waals surface area (Å²) in [5, 5.41) is 18.6. The van der Waals surface area contributed by atoms with Crippen molar-refractivity contribution in [1.82, 2.24) is 0 Å². The zero-order chi connectivity index (χ0) is 32.2. The molecular weight excluding hydrogens is 577 g/mol. The van der Waals surface area contributed by atoms with Gasteiger partial charge in [-0.2, -0.15) is 26.3 Å². The number of allylic oxidation sites excluding steroid dienone is 4. The van der Waals surface area contributed by atoms with Crippen molar-refractivity contribution in [1.29, 1.82) is 0 Å². The predicted molar refractivity (Wildman–Crippen MR) is 148 cm³/mol. The Morgan fingerprint density at radius 2 is 1.56 bits per heavy atom. The normalized spacial score (nSPS) is 20.8. The number of aryl methyl sites for hydroxylation is 2. The lowest BCUT2D eigenvalue weighted by molar-refractivity contribution is -0.369. The third-order valence-electron chi connectivity index (χ3n) is 9.73. The highest BCUT2D eigenvalue weighted by Crippen LogP contribution is 2.63. The number of fused-ring (bicyclic) bond motifs is 1. The Labute approximate surface area is 246 Å². The van der Waals surface area contributed by atoms with E-state index in [2.05, 4.69) is 12.2 Å². The summed E-state index contributed by atoms with van der Waals surface area (Å²) < 4.78 is 93.9. The van der Waals surface area contributed by atoms with Crippen molar-refractivity contribution in [3.63, 3.8) is 0 Å². The van der Waals surface area contributed by atoms with Crippen molar-refractivity contribution in [2.45, 2.75) is 95.0 Å². The second-order valence-corrected chi connectivity index (χ2v) is 11.9. The average Bonchev–Trinajstić information content (AvgIpc) is 3.65. The molecule has 0 saturated heterocycles. The third-order valence-corrected chi connectivity index (χ3v) is 9.73. The third kappa shape index (κ3) is 5.51. The van der Waals surface area contributed by atoms with Crippen LogP contribution in [-0.2, 0) is 28.5 Å². The maximum atomic E-state index is 14.8. The highest BCUT2D eigenvalue weighted by molar-refractivity contribution is 5.70. The van der Waals surface area contributed by atoms with Crippen LogP contribution in [0.1, 0.15) is 74.3 Å². The second-order valence-electron chi connectivity index (χ2n) is 11.9. The first kappa shape index (κ1) is 32.8. The quantitative estimate of drug-likeness (QED) is 0.265. The lowest BCUT2D eigenvalue weighted by atomic mass is 9.66. The van der Waals surface area contributed by atoms with E-state index in [0.29, 0.717) is 18.4 Å². The van der Waals surface area contributed by atoms with Crippen LogP contribution in [0.15, 0.2) is 59.7 Å². The number of alkyl halides is 6. The lowest BCUT2D eigenvalue weighted by Gasteiger charge is -2.37. The summed E-state index contributed by atoms with van der Waals surface area (Å²) in [5.74, 6) is -1.57. The number of benzene rings is 2. The Bertz CT molecular complexity index is 1450. The number of carboxylic acid groups (broad SMARTS) is 1. The Kier molecular flexibility index (Phi) is 8.45. The molecule has 10 heteroatoms. The zero-order valence-electron chi connectivity index (χ0n) is 24.4. The number of carboxylic acids is 1. The second kappa shape index (κ2) is 11.1. The minimum absolute atomic E-state index is 0.0949. The highest BCUT2D eigenvalue weighted by Gasteiger charge is 2.69. The molecule has 3 nitrogen and oxygen atoms in total. The largest absolute Gasteiger partial charge is 0.481 e. The number of halogens is 7. The van der Waals surface area contributed by atoms with Gasteiger partial charge >= 0.3 is 18.3 Å². The smallest absolute Gasteiger partial charge is 0.426 e. The number of hydrogen-bond acceptors (Lipinski definition) is 2. The maximum absolute atomic E-state index is 14.8. The van der Waals surface area contributed by atoms with Gasteiger partial charge in [0.05, 0.1) is 6.42 Å². The number of rotatable bonds is 10. The molecule has 43 heavy (non-hydrogen) atoms. The van der Waals surface area contributed by atoms with Crippen LogP contribution in [0.2, 0.25) is 0 Å². The fourth-order valence-electron chi connectivity index (χ4n) is 6.82. The summed E-state index contributed by atoms with van der Waals surface area (Å²) in [5.41, 5.74) is -0.965. The Balaban J connectivity index is 1.62. The van der Waals surface area contributed by atoms with E-state index >= 15 is 0 Å². The minimum Gasteiger partial charge on any atom is -0.481 e. The monoisotopic (exact) mass is 612 g/mol. The van der Waals surface area contributed by atoms with Gasteiger partial charge in [-0.15, -0.1) is 0 Å². The van der Waals surface area contributed by atoms with Crippen LogP contribution in [0, 0.1) is 18.7 Å². The van der Waals surface area contributed by atoms with E-state index in [-0.39, 0.29) is 22.5 Å². The molecule has 234 valence electrons. The molecule has 0 bridgehead atoms. The van der Waals surface area contributed by atoms with Crippen LogP contribution in [0.25, 0.3) is 0 Å². The fraction of sp³-hybridized carbons (Fsp3) is 0.485. The van der Waals surface area contributed by atoms with Crippen LogP contribution in [0.5, 0.6) is 0 Å². The summed E-state index contributed by atoms with van der Waals surface area (Å²) in [7, 11) is 0. The van der Waals surface area contributed by atoms with Gasteiger partial charge in [-0.3, -0.25) is 4.79 Å². The SMILES string of the molecule is CCC(CC)(C1=CC2CC2(c2ccc(CC(=O)O)c(F)c2)C(C)=C1)c1ccc(CCC(O)(C(F)(F)F)C(F)(F)F)c(C)c1. The van der Waals surface area contributed by atoms with E-state index in [1.165, 1.54) is 12.1 Å². The molecule has 2 aromatic carbocycles. The van der Waals surface area contributed by atoms with Gasteiger partial charge in [-0.05, 0) is 91.3 Å². The van der Waals surface area contributed by atoms with E-state index in [1.807, 2.05) is 20.8 Å². The molecule has 1 fully saturated rings. The first-order valence-corrected chi connectivity index (χ1v) is 14.2. The van der Waals surface area contributed by atoms with Crippen LogP contribution in [0.4, 0.5) is 30.7 Å². The summed E-state index contributed by atoms with van der Waals surface area (Å²) >= 11 is 0. The van der Waals surface area contributed by atoms with Crippen LogP contribution in [0.3, 0.4) is 0 Å². The van der Waals surface area contributed by atoms with Gasteiger partial charge in [0.2, 0.25) is 0 Å². The summed E-state index contributed by atoms with van der Waals surface area (Å²) in [6, 6.07) is 9.81. The summed E-state index contributed by atoms with van der Waals surface area (Å²) in [4.78, 5) is 11.0. The highest BCUT2D eigenvalue weighted by atomic mass is 19.4. The van der Waals surface area contributed by atoms with Gasteiger partial charge in [0.25, 0.3) is 5.60 Å². The van der Waals surface area contributed by atoms with Crippen molar-refractivity contribution in [3.05, 3.63) is 93.3 Å². The molecule has 2 aromatic rings. The fourth-order valence-corrected chi connectivity index (χ4v) is 6.82. The van der Waals surface area contributed by atoms with Crippen LogP contribution >= 0.6 is 0 Å². The van der Waals surface area contributed by atoms with Gasteiger partial charge in [-0.1, -0.05) is 61.9 Å². The topological polar surface area (TPSA) is 57.5 Å². The molecule has 0 spiro atoms. The van der Waals surface area contributed by atoms with Crippen molar-refractivity contribution >= 4 is 5.97 Å². The molecule has 2 atom stereocenters. The van der Waals surface area contributed by atoms with Crippen molar-refractivity contribution in [2.75, 3.05) is 0 Å². The number of aliphatic carboxylic acids is 1. The maximum Gasteiger partial charge on any atom is 0.426 e.